The number of rotatable bonds is 5. The summed E-state index contributed by atoms with van der Waals surface area (Å²) in [6.45, 7) is 8.68. The molecule has 0 atom stereocenters. The first kappa shape index (κ1) is 11.9. The van der Waals surface area contributed by atoms with Crippen molar-refractivity contribution in [2.24, 2.45) is 0 Å². The lowest BCUT2D eigenvalue weighted by atomic mass is 10.2. The largest absolute Gasteiger partial charge is 0.467 e. The van der Waals surface area contributed by atoms with Crippen LogP contribution in [0.15, 0.2) is 22.8 Å². The minimum absolute atomic E-state index is 0.702. The topological polar surface area (TPSA) is 43.0 Å². The van der Waals surface area contributed by atoms with Crippen molar-refractivity contribution in [2.75, 3.05) is 6.54 Å². The quantitative estimate of drug-likeness (QED) is 0.861. The van der Waals surface area contributed by atoms with E-state index >= 15 is 0 Å². The molecule has 0 aromatic carbocycles. The summed E-state index contributed by atoms with van der Waals surface area (Å²) in [6, 6.07) is 4.09. The van der Waals surface area contributed by atoms with E-state index in [0.717, 1.165) is 30.2 Å². The van der Waals surface area contributed by atoms with E-state index in [-0.39, 0.29) is 0 Å². The third-order valence-electron chi connectivity index (χ3n) is 2.80. The van der Waals surface area contributed by atoms with E-state index < -0.39 is 0 Å². The van der Waals surface area contributed by atoms with Gasteiger partial charge < -0.3 is 9.73 Å². The molecule has 2 heterocycles. The first-order chi connectivity index (χ1) is 8.20. The third-order valence-corrected chi connectivity index (χ3v) is 2.80. The van der Waals surface area contributed by atoms with Gasteiger partial charge in [-0.25, -0.2) is 0 Å². The highest BCUT2D eigenvalue weighted by atomic mass is 16.3. The predicted octanol–water partition coefficient (Wildman–Crippen LogP) is 2.25. The Hall–Kier alpha value is -1.55. The van der Waals surface area contributed by atoms with Crippen molar-refractivity contribution >= 4 is 0 Å². The highest BCUT2D eigenvalue weighted by Crippen LogP contribution is 2.13. The summed E-state index contributed by atoms with van der Waals surface area (Å²) in [5.74, 6) is 0.983. The second kappa shape index (κ2) is 5.19. The predicted molar refractivity (Wildman–Crippen MR) is 66.9 cm³/mol. The number of hydrogen-bond donors (Lipinski definition) is 1. The van der Waals surface area contributed by atoms with Crippen molar-refractivity contribution in [2.45, 2.75) is 33.9 Å². The molecule has 92 valence electrons. The number of hydrogen-bond acceptors (Lipinski definition) is 3. The lowest BCUT2D eigenvalue weighted by molar-refractivity contribution is 0.469. The van der Waals surface area contributed by atoms with Gasteiger partial charge in [0, 0.05) is 17.8 Å². The van der Waals surface area contributed by atoms with Gasteiger partial charge in [-0.3, -0.25) is 4.68 Å². The zero-order valence-corrected chi connectivity index (χ0v) is 10.7. The fourth-order valence-electron chi connectivity index (χ4n) is 1.89. The average molecular weight is 233 g/mol. The van der Waals surface area contributed by atoms with E-state index in [1.54, 1.807) is 6.26 Å². The highest BCUT2D eigenvalue weighted by molar-refractivity contribution is 5.18. The molecular weight excluding hydrogens is 214 g/mol. The third kappa shape index (κ3) is 2.77. The second-order valence-corrected chi connectivity index (χ2v) is 4.23. The zero-order valence-electron chi connectivity index (χ0n) is 10.7. The Kier molecular flexibility index (Phi) is 3.64. The maximum atomic E-state index is 5.53. The maximum absolute atomic E-state index is 5.53. The van der Waals surface area contributed by atoms with Crippen LogP contribution in [0.4, 0.5) is 0 Å². The fraction of sp³-hybridized carbons (Fsp3) is 0.462. The molecule has 0 aliphatic heterocycles. The SMILES string of the molecule is CCNCc1ccoc1Cn1nc(C)cc1C. The van der Waals surface area contributed by atoms with E-state index in [2.05, 4.69) is 30.3 Å². The summed E-state index contributed by atoms with van der Waals surface area (Å²) < 4.78 is 7.50. The van der Waals surface area contributed by atoms with Gasteiger partial charge in [-0.2, -0.15) is 5.10 Å². The van der Waals surface area contributed by atoms with Crippen LogP contribution >= 0.6 is 0 Å². The molecule has 0 saturated carbocycles. The van der Waals surface area contributed by atoms with Gasteiger partial charge >= 0.3 is 0 Å². The minimum Gasteiger partial charge on any atom is -0.467 e. The van der Waals surface area contributed by atoms with Crippen molar-refractivity contribution in [3.05, 3.63) is 41.1 Å². The van der Waals surface area contributed by atoms with Gasteiger partial charge in [0.1, 0.15) is 5.76 Å². The van der Waals surface area contributed by atoms with Crippen LogP contribution in [0.2, 0.25) is 0 Å². The van der Waals surface area contributed by atoms with Crippen LogP contribution in [0.3, 0.4) is 0 Å². The molecule has 17 heavy (non-hydrogen) atoms. The summed E-state index contributed by atoms with van der Waals surface area (Å²) in [6.07, 6.45) is 1.74. The molecule has 0 radical (unpaired) electrons. The van der Waals surface area contributed by atoms with Gasteiger partial charge in [0.2, 0.25) is 0 Å². The summed E-state index contributed by atoms with van der Waals surface area (Å²) >= 11 is 0. The van der Waals surface area contributed by atoms with E-state index in [0.29, 0.717) is 6.54 Å². The second-order valence-electron chi connectivity index (χ2n) is 4.23. The number of aromatic nitrogens is 2. The molecule has 2 rings (SSSR count). The van der Waals surface area contributed by atoms with E-state index in [4.69, 9.17) is 4.42 Å². The Balaban J connectivity index is 2.13. The standard InChI is InChI=1S/C13H19N3O/c1-4-14-8-12-5-6-17-13(12)9-16-11(3)7-10(2)15-16/h5-7,14H,4,8-9H2,1-3H3. The Morgan fingerprint density at radius 3 is 2.88 bits per heavy atom. The van der Waals surface area contributed by atoms with Crippen LogP contribution < -0.4 is 5.32 Å². The summed E-state index contributed by atoms with van der Waals surface area (Å²) in [4.78, 5) is 0. The highest BCUT2D eigenvalue weighted by Gasteiger charge is 2.09. The molecule has 2 aromatic heterocycles. The molecule has 0 fully saturated rings. The first-order valence-electron chi connectivity index (χ1n) is 5.97. The van der Waals surface area contributed by atoms with Crippen molar-refractivity contribution < 1.29 is 4.42 Å². The minimum atomic E-state index is 0.702. The molecule has 4 nitrogen and oxygen atoms in total. The van der Waals surface area contributed by atoms with Gasteiger partial charge in [-0.05, 0) is 32.5 Å². The van der Waals surface area contributed by atoms with Crippen molar-refractivity contribution in [3.63, 3.8) is 0 Å². The van der Waals surface area contributed by atoms with Crippen LogP contribution in [0.1, 0.15) is 29.6 Å². The number of furan rings is 1. The Labute approximate surface area is 102 Å². The fourth-order valence-corrected chi connectivity index (χ4v) is 1.89. The monoisotopic (exact) mass is 233 g/mol. The Morgan fingerprint density at radius 1 is 1.41 bits per heavy atom. The van der Waals surface area contributed by atoms with Crippen molar-refractivity contribution in [3.8, 4) is 0 Å². The zero-order chi connectivity index (χ0) is 12.3. The molecule has 2 aromatic rings. The van der Waals surface area contributed by atoms with Crippen molar-refractivity contribution in [1.82, 2.24) is 15.1 Å². The van der Waals surface area contributed by atoms with Gasteiger partial charge in [-0.15, -0.1) is 0 Å². The Morgan fingerprint density at radius 2 is 2.24 bits per heavy atom. The van der Waals surface area contributed by atoms with Crippen LogP contribution in [-0.4, -0.2) is 16.3 Å². The van der Waals surface area contributed by atoms with Gasteiger partial charge in [0.15, 0.2) is 0 Å². The average Bonchev–Trinajstić information content (AvgIpc) is 2.84. The molecule has 0 amide bonds. The summed E-state index contributed by atoms with van der Waals surface area (Å²) in [7, 11) is 0. The lowest BCUT2D eigenvalue weighted by Gasteiger charge is -2.05. The molecule has 0 saturated heterocycles. The molecular formula is C13H19N3O. The normalized spacial score (nSPS) is 11.0. The van der Waals surface area contributed by atoms with Gasteiger partial charge in [0.05, 0.1) is 18.5 Å². The van der Waals surface area contributed by atoms with Crippen LogP contribution in [0.5, 0.6) is 0 Å². The number of nitrogens with one attached hydrogen (secondary N) is 1. The van der Waals surface area contributed by atoms with Gasteiger partial charge in [-0.1, -0.05) is 6.92 Å². The van der Waals surface area contributed by atoms with E-state index in [9.17, 15) is 0 Å². The molecule has 0 unspecified atom stereocenters. The lowest BCUT2D eigenvalue weighted by Crippen LogP contribution is -2.13. The first-order valence-corrected chi connectivity index (χ1v) is 5.97. The molecule has 0 aliphatic rings. The molecule has 0 spiro atoms. The van der Waals surface area contributed by atoms with Gasteiger partial charge in [0.25, 0.3) is 0 Å². The molecule has 1 N–H and O–H groups in total. The van der Waals surface area contributed by atoms with Crippen LogP contribution in [0.25, 0.3) is 0 Å². The van der Waals surface area contributed by atoms with E-state index in [1.165, 1.54) is 5.56 Å². The Bertz CT molecular complexity index is 485. The number of aryl methyl sites for hydroxylation is 2. The maximum Gasteiger partial charge on any atom is 0.129 e. The molecule has 4 heteroatoms. The molecule has 0 bridgehead atoms. The van der Waals surface area contributed by atoms with Crippen LogP contribution in [-0.2, 0) is 13.1 Å². The molecule has 0 aliphatic carbocycles. The summed E-state index contributed by atoms with van der Waals surface area (Å²) in [5.41, 5.74) is 3.41. The summed E-state index contributed by atoms with van der Waals surface area (Å²) in [5, 5.41) is 7.75. The van der Waals surface area contributed by atoms with Crippen molar-refractivity contribution in [1.29, 1.82) is 0 Å². The smallest absolute Gasteiger partial charge is 0.129 e. The van der Waals surface area contributed by atoms with Crippen LogP contribution in [0, 0.1) is 13.8 Å². The van der Waals surface area contributed by atoms with E-state index in [1.807, 2.05) is 17.7 Å². The number of nitrogens with zero attached hydrogens (tertiary/aromatic N) is 2.